The van der Waals surface area contributed by atoms with Crippen molar-refractivity contribution in [3.63, 3.8) is 0 Å². The van der Waals surface area contributed by atoms with E-state index in [-0.39, 0.29) is 0 Å². The molecule has 0 unspecified atom stereocenters. The minimum atomic E-state index is -3.30. The number of morpholine rings is 1. The van der Waals surface area contributed by atoms with Gasteiger partial charge in [0.25, 0.3) is 10.2 Å². The van der Waals surface area contributed by atoms with Crippen LogP contribution < -0.4 is 4.72 Å². The molecule has 2 rings (SSSR count). The van der Waals surface area contributed by atoms with Crippen molar-refractivity contribution in [1.29, 1.82) is 0 Å². The molecule has 1 saturated carbocycles. The van der Waals surface area contributed by atoms with Crippen LogP contribution in [0.15, 0.2) is 0 Å². The molecule has 0 atom stereocenters. The van der Waals surface area contributed by atoms with Gasteiger partial charge in [-0.15, -0.1) is 0 Å². The lowest BCUT2D eigenvalue weighted by Crippen LogP contribution is -2.47. The maximum atomic E-state index is 12.0. The molecule has 106 valence electrons. The molecule has 0 aromatic rings. The minimum absolute atomic E-state index is 0.462. The van der Waals surface area contributed by atoms with Crippen LogP contribution in [-0.4, -0.2) is 50.4 Å². The number of rotatable bonds is 4. The van der Waals surface area contributed by atoms with Gasteiger partial charge in [0, 0.05) is 24.5 Å². The topological polar surface area (TPSA) is 58.6 Å². The van der Waals surface area contributed by atoms with E-state index in [1.54, 1.807) is 0 Å². The molecule has 1 heterocycles. The molecule has 0 radical (unpaired) electrons. The predicted molar refractivity (Wildman–Crippen MR) is 74.0 cm³/mol. The van der Waals surface area contributed by atoms with Gasteiger partial charge in [-0.2, -0.15) is 12.7 Å². The van der Waals surface area contributed by atoms with Crippen molar-refractivity contribution >= 4 is 26.1 Å². The van der Waals surface area contributed by atoms with Crippen LogP contribution in [0.25, 0.3) is 0 Å². The quantitative estimate of drug-likeness (QED) is 0.780. The number of alkyl halides is 1. The highest BCUT2D eigenvalue weighted by atomic mass is 79.9. The molecule has 0 aromatic carbocycles. The van der Waals surface area contributed by atoms with Crippen LogP contribution in [0, 0.1) is 5.92 Å². The van der Waals surface area contributed by atoms with E-state index in [2.05, 4.69) is 20.7 Å². The first kappa shape index (κ1) is 14.7. The maximum Gasteiger partial charge on any atom is 0.279 e. The van der Waals surface area contributed by atoms with E-state index >= 15 is 0 Å². The largest absolute Gasteiger partial charge is 0.379 e. The van der Waals surface area contributed by atoms with Crippen LogP contribution in [0.4, 0.5) is 0 Å². The summed E-state index contributed by atoms with van der Waals surface area (Å²) in [5.41, 5.74) is 0. The molecule has 1 aliphatic carbocycles. The van der Waals surface area contributed by atoms with Gasteiger partial charge < -0.3 is 4.74 Å². The van der Waals surface area contributed by atoms with E-state index < -0.39 is 10.2 Å². The van der Waals surface area contributed by atoms with Crippen LogP contribution in [0.3, 0.4) is 0 Å². The molecule has 1 aliphatic heterocycles. The standard InChI is InChI=1S/C11H21BrN2O3S/c12-11-3-1-10(2-4-11)9-13-18(15,16)14-5-7-17-8-6-14/h10-11,13H,1-9H2. The van der Waals surface area contributed by atoms with Gasteiger partial charge in [0.1, 0.15) is 0 Å². The van der Waals surface area contributed by atoms with E-state index in [1.807, 2.05) is 0 Å². The number of hydrogen-bond donors (Lipinski definition) is 1. The first-order valence-electron chi connectivity index (χ1n) is 6.54. The fourth-order valence-electron chi connectivity index (χ4n) is 2.43. The van der Waals surface area contributed by atoms with Crippen molar-refractivity contribution in [1.82, 2.24) is 9.03 Å². The average Bonchev–Trinajstić information content (AvgIpc) is 2.39. The Bertz CT molecular complexity index is 349. The number of nitrogens with zero attached hydrogens (tertiary/aromatic N) is 1. The fraction of sp³-hybridized carbons (Fsp3) is 1.00. The van der Waals surface area contributed by atoms with Crippen LogP contribution in [0.5, 0.6) is 0 Å². The monoisotopic (exact) mass is 340 g/mol. The number of ether oxygens (including phenoxy) is 1. The third-order valence-corrected chi connectivity index (χ3v) is 6.13. The van der Waals surface area contributed by atoms with Gasteiger partial charge in [-0.3, -0.25) is 0 Å². The van der Waals surface area contributed by atoms with Crippen LogP contribution in [-0.2, 0) is 14.9 Å². The molecule has 18 heavy (non-hydrogen) atoms. The van der Waals surface area contributed by atoms with Crippen molar-refractivity contribution < 1.29 is 13.2 Å². The Kier molecular flexibility index (Phi) is 5.44. The highest BCUT2D eigenvalue weighted by Crippen LogP contribution is 2.28. The molecule has 2 fully saturated rings. The summed E-state index contributed by atoms with van der Waals surface area (Å²) in [6.07, 6.45) is 4.48. The summed E-state index contributed by atoms with van der Waals surface area (Å²) >= 11 is 3.61. The van der Waals surface area contributed by atoms with Crippen molar-refractivity contribution in [3.8, 4) is 0 Å². The maximum absolute atomic E-state index is 12.0. The Morgan fingerprint density at radius 1 is 1.17 bits per heavy atom. The van der Waals surface area contributed by atoms with Gasteiger partial charge in [-0.05, 0) is 31.6 Å². The SMILES string of the molecule is O=S(=O)(NCC1CCC(Br)CC1)N1CCOCC1. The normalized spacial score (nSPS) is 31.4. The zero-order valence-corrected chi connectivity index (χ0v) is 12.9. The molecule has 0 aromatic heterocycles. The van der Waals surface area contributed by atoms with Crippen LogP contribution >= 0.6 is 15.9 Å². The molecular weight excluding hydrogens is 320 g/mol. The minimum Gasteiger partial charge on any atom is -0.379 e. The molecule has 2 aliphatic rings. The Labute approximate surface area is 118 Å². The van der Waals surface area contributed by atoms with E-state index in [0.29, 0.717) is 43.6 Å². The summed E-state index contributed by atoms with van der Waals surface area (Å²) in [6, 6.07) is 0. The summed E-state index contributed by atoms with van der Waals surface area (Å²) in [7, 11) is -3.30. The average molecular weight is 341 g/mol. The molecule has 7 heteroatoms. The lowest BCUT2D eigenvalue weighted by atomic mass is 9.89. The first-order chi connectivity index (χ1) is 8.58. The van der Waals surface area contributed by atoms with Crippen LogP contribution in [0.2, 0.25) is 0 Å². The molecule has 1 saturated heterocycles. The second kappa shape index (κ2) is 6.65. The highest BCUT2D eigenvalue weighted by molar-refractivity contribution is 9.09. The van der Waals surface area contributed by atoms with E-state index in [9.17, 15) is 8.42 Å². The van der Waals surface area contributed by atoms with E-state index in [4.69, 9.17) is 4.74 Å². The molecular formula is C11H21BrN2O3S. The van der Waals surface area contributed by atoms with Crippen molar-refractivity contribution in [3.05, 3.63) is 0 Å². The number of nitrogens with one attached hydrogen (secondary N) is 1. The molecule has 0 amide bonds. The highest BCUT2D eigenvalue weighted by Gasteiger charge is 2.26. The smallest absolute Gasteiger partial charge is 0.279 e. The van der Waals surface area contributed by atoms with Gasteiger partial charge in [0.15, 0.2) is 0 Å². The van der Waals surface area contributed by atoms with E-state index in [1.165, 1.54) is 4.31 Å². The van der Waals surface area contributed by atoms with Crippen molar-refractivity contribution in [2.45, 2.75) is 30.5 Å². The van der Waals surface area contributed by atoms with Crippen molar-refractivity contribution in [2.24, 2.45) is 5.92 Å². The number of hydrogen-bond acceptors (Lipinski definition) is 3. The first-order valence-corrected chi connectivity index (χ1v) is 8.90. The van der Waals surface area contributed by atoms with Crippen molar-refractivity contribution in [2.75, 3.05) is 32.8 Å². The second-order valence-electron chi connectivity index (χ2n) is 4.98. The van der Waals surface area contributed by atoms with Gasteiger partial charge in [0.2, 0.25) is 0 Å². The Hall–Kier alpha value is 0.310. The summed E-state index contributed by atoms with van der Waals surface area (Å²) < 4.78 is 33.5. The summed E-state index contributed by atoms with van der Waals surface area (Å²) in [4.78, 5) is 0.615. The fourth-order valence-corrected chi connectivity index (χ4v) is 4.21. The Morgan fingerprint density at radius 3 is 2.39 bits per heavy atom. The van der Waals surface area contributed by atoms with Gasteiger partial charge in [0.05, 0.1) is 13.2 Å². The lowest BCUT2D eigenvalue weighted by molar-refractivity contribution is 0.0724. The molecule has 5 nitrogen and oxygen atoms in total. The third kappa shape index (κ3) is 4.16. The summed E-state index contributed by atoms with van der Waals surface area (Å²) in [5.74, 6) is 0.481. The zero-order valence-electron chi connectivity index (χ0n) is 10.5. The third-order valence-electron chi connectivity index (χ3n) is 3.64. The summed E-state index contributed by atoms with van der Waals surface area (Å²) in [6.45, 7) is 2.48. The molecule has 0 bridgehead atoms. The predicted octanol–water partition coefficient (Wildman–Crippen LogP) is 1.11. The number of halogens is 1. The van der Waals surface area contributed by atoms with Crippen LogP contribution in [0.1, 0.15) is 25.7 Å². The van der Waals surface area contributed by atoms with Gasteiger partial charge in [-0.1, -0.05) is 15.9 Å². The lowest BCUT2D eigenvalue weighted by Gasteiger charge is -2.29. The Morgan fingerprint density at radius 2 is 1.78 bits per heavy atom. The zero-order chi connectivity index (χ0) is 13.0. The van der Waals surface area contributed by atoms with Gasteiger partial charge in [-0.25, -0.2) is 4.72 Å². The van der Waals surface area contributed by atoms with E-state index in [0.717, 1.165) is 25.7 Å². The molecule has 1 N–H and O–H groups in total. The Balaban J connectivity index is 1.77. The summed E-state index contributed by atoms with van der Waals surface area (Å²) in [5, 5.41) is 0. The van der Waals surface area contributed by atoms with Gasteiger partial charge >= 0.3 is 0 Å². The second-order valence-corrected chi connectivity index (χ2v) is 8.03. The molecule has 0 spiro atoms.